The van der Waals surface area contributed by atoms with E-state index in [0.29, 0.717) is 18.4 Å². The molecule has 4 amide bonds. The summed E-state index contributed by atoms with van der Waals surface area (Å²) in [5, 5.41) is 5.60. The maximum atomic E-state index is 13.8. The molecule has 164 valence electrons. The molecule has 9 heteroatoms. The summed E-state index contributed by atoms with van der Waals surface area (Å²) < 4.78 is 13.8. The fourth-order valence-corrected chi connectivity index (χ4v) is 5.57. The first-order valence-electron chi connectivity index (χ1n) is 9.91. The van der Waals surface area contributed by atoms with Gasteiger partial charge in [-0.3, -0.25) is 14.5 Å². The van der Waals surface area contributed by atoms with Gasteiger partial charge < -0.3 is 10.6 Å². The first-order chi connectivity index (χ1) is 13.8. The van der Waals surface area contributed by atoms with E-state index < -0.39 is 35.9 Å². The molecule has 1 spiro atoms. The predicted molar refractivity (Wildman–Crippen MR) is 113 cm³/mol. The second-order valence-corrected chi connectivity index (χ2v) is 10.1. The van der Waals surface area contributed by atoms with Crippen molar-refractivity contribution >= 4 is 41.0 Å². The van der Waals surface area contributed by atoms with Gasteiger partial charge in [0.15, 0.2) is 0 Å². The number of hydrogen-bond acceptors (Lipinski definition) is 3. The Kier molecular flexibility index (Phi) is 6.09. The van der Waals surface area contributed by atoms with Gasteiger partial charge in [-0.2, -0.15) is 0 Å². The fraction of sp³-hybridized carbons (Fsp3) is 0.571. The minimum atomic E-state index is -0.966. The quantitative estimate of drug-likeness (QED) is 0.517. The van der Waals surface area contributed by atoms with Crippen molar-refractivity contribution in [1.29, 1.82) is 0 Å². The van der Waals surface area contributed by atoms with Crippen molar-refractivity contribution in [3.8, 4) is 0 Å². The number of hydrogen-bond donors (Lipinski definition) is 2. The molecule has 1 heterocycles. The summed E-state index contributed by atoms with van der Waals surface area (Å²) in [5.74, 6) is -1.29. The molecular formula is C21H26Cl2FN3O3. The van der Waals surface area contributed by atoms with Crippen LogP contribution < -0.4 is 10.6 Å². The van der Waals surface area contributed by atoms with E-state index in [1.807, 2.05) is 0 Å². The molecule has 6 nitrogen and oxygen atoms in total. The summed E-state index contributed by atoms with van der Waals surface area (Å²) in [6.45, 7) is 7.43. The molecular weight excluding hydrogens is 432 g/mol. The van der Waals surface area contributed by atoms with E-state index in [1.54, 1.807) is 6.92 Å². The molecule has 0 bridgehead atoms. The Hall–Kier alpha value is -1.86. The number of nitrogens with one attached hydrogen (secondary N) is 2. The molecule has 30 heavy (non-hydrogen) atoms. The molecule has 0 aromatic heterocycles. The van der Waals surface area contributed by atoms with E-state index in [1.165, 1.54) is 6.07 Å². The molecule has 2 N–H and O–H groups in total. The highest BCUT2D eigenvalue weighted by Gasteiger charge is 2.56. The predicted octanol–water partition coefficient (Wildman–Crippen LogP) is 4.45. The Bertz CT molecular complexity index is 908. The van der Waals surface area contributed by atoms with Crippen LogP contribution in [0.1, 0.15) is 58.6 Å². The monoisotopic (exact) mass is 457 g/mol. The van der Waals surface area contributed by atoms with Crippen molar-refractivity contribution < 1.29 is 18.8 Å². The van der Waals surface area contributed by atoms with Crippen molar-refractivity contribution in [3.05, 3.63) is 33.6 Å². The summed E-state index contributed by atoms with van der Waals surface area (Å²) in [7, 11) is 0. The standard InChI is InChI=1S/C21H26Cl2FN3O3/c1-11-7-20(3,4)10-21(8-11)18(29)27(19(30)26-21)9-17(28)25-12(2)13-5-16(24)15(23)6-14(13)22/h5-6,11-12H,7-10H2,1-4H3,(H,25,28)(H,26,30). The third-order valence-electron chi connectivity index (χ3n) is 5.81. The van der Waals surface area contributed by atoms with Gasteiger partial charge in [0.25, 0.3) is 5.91 Å². The molecule has 1 saturated carbocycles. The van der Waals surface area contributed by atoms with E-state index in [4.69, 9.17) is 23.2 Å². The van der Waals surface area contributed by atoms with Gasteiger partial charge >= 0.3 is 6.03 Å². The Morgan fingerprint density at radius 3 is 2.60 bits per heavy atom. The second-order valence-electron chi connectivity index (χ2n) is 9.33. The smallest absolute Gasteiger partial charge is 0.325 e. The SMILES string of the molecule is CC1CC(C)(C)CC2(C1)NC(=O)N(CC(=O)NC(C)c1cc(F)c(Cl)cc1Cl)C2=O. The lowest BCUT2D eigenvalue weighted by Gasteiger charge is -2.43. The van der Waals surface area contributed by atoms with E-state index in [9.17, 15) is 18.8 Å². The molecule has 1 aromatic carbocycles. The molecule has 1 aliphatic carbocycles. The van der Waals surface area contributed by atoms with Gasteiger partial charge in [-0.1, -0.05) is 44.0 Å². The average Bonchev–Trinajstić information content (AvgIpc) is 2.79. The van der Waals surface area contributed by atoms with Gasteiger partial charge in [0.2, 0.25) is 5.91 Å². The number of benzene rings is 1. The van der Waals surface area contributed by atoms with Gasteiger partial charge in [-0.05, 0) is 55.2 Å². The molecule has 3 atom stereocenters. The van der Waals surface area contributed by atoms with Crippen LogP contribution in [0.15, 0.2) is 12.1 Å². The van der Waals surface area contributed by atoms with Crippen LogP contribution in [0.5, 0.6) is 0 Å². The van der Waals surface area contributed by atoms with E-state index >= 15 is 0 Å². The summed E-state index contributed by atoms with van der Waals surface area (Å²) in [6, 6.07) is 1.22. The van der Waals surface area contributed by atoms with Crippen molar-refractivity contribution in [1.82, 2.24) is 15.5 Å². The van der Waals surface area contributed by atoms with Crippen LogP contribution in [-0.2, 0) is 9.59 Å². The number of carbonyl (C=O) groups excluding carboxylic acids is 3. The van der Waals surface area contributed by atoms with Crippen molar-refractivity contribution in [2.24, 2.45) is 11.3 Å². The third-order valence-corrected chi connectivity index (χ3v) is 6.43. The van der Waals surface area contributed by atoms with Crippen LogP contribution >= 0.6 is 23.2 Å². The summed E-state index contributed by atoms with van der Waals surface area (Å²) >= 11 is 11.8. The summed E-state index contributed by atoms with van der Waals surface area (Å²) in [4.78, 5) is 39.2. The number of urea groups is 1. The largest absolute Gasteiger partial charge is 0.348 e. The number of rotatable bonds is 4. The third kappa shape index (κ3) is 4.42. The number of halogens is 3. The number of amides is 4. The molecule has 0 radical (unpaired) electrons. The Morgan fingerprint density at radius 1 is 1.30 bits per heavy atom. The molecule has 1 aromatic rings. The fourth-order valence-electron chi connectivity index (χ4n) is 5.03. The second kappa shape index (κ2) is 8.00. The average molecular weight is 458 g/mol. The normalized spacial score (nSPS) is 26.6. The van der Waals surface area contributed by atoms with Gasteiger partial charge in [0, 0.05) is 5.02 Å². The first kappa shape index (κ1) is 22.8. The molecule has 1 saturated heterocycles. The van der Waals surface area contributed by atoms with E-state index in [-0.39, 0.29) is 27.3 Å². The zero-order valence-electron chi connectivity index (χ0n) is 17.4. The van der Waals surface area contributed by atoms with Gasteiger partial charge in [0.05, 0.1) is 11.1 Å². The summed E-state index contributed by atoms with van der Waals surface area (Å²) in [5.41, 5.74) is -0.710. The lowest BCUT2D eigenvalue weighted by atomic mass is 9.64. The Morgan fingerprint density at radius 2 is 1.97 bits per heavy atom. The van der Waals surface area contributed by atoms with Crippen LogP contribution in [0.2, 0.25) is 10.0 Å². The van der Waals surface area contributed by atoms with Gasteiger partial charge in [-0.25, -0.2) is 9.18 Å². The van der Waals surface area contributed by atoms with Crippen LogP contribution in [0.4, 0.5) is 9.18 Å². The van der Waals surface area contributed by atoms with Crippen molar-refractivity contribution in [2.75, 3.05) is 6.54 Å². The zero-order valence-corrected chi connectivity index (χ0v) is 19.0. The maximum Gasteiger partial charge on any atom is 0.325 e. The highest BCUT2D eigenvalue weighted by molar-refractivity contribution is 6.35. The van der Waals surface area contributed by atoms with E-state index in [0.717, 1.165) is 17.4 Å². The van der Waals surface area contributed by atoms with Crippen LogP contribution in [0, 0.1) is 17.2 Å². The molecule has 3 rings (SSSR count). The molecule has 3 unspecified atom stereocenters. The topological polar surface area (TPSA) is 78.5 Å². The maximum absolute atomic E-state index is 13.8. The van der Waals surface area contributed by atoms with Gasteiger partial charge in [0.1, 0.15) is 17.9 Å². The minimum Gasteiger partial charge on any atom is -0.348 e. The van der Waals surface area contributed by atoms with Crippen LogP contribution in [0.3, 0.4) is 0 Å². The highest BCUT2D eigenvalue weighted by Crippen LogP contribution is 2.46. The zero-order chi connectivity index (χ0) is 22.4. The lowest BCUT2D eigenvalue weighted by molar-refractivity contribution is -0.137. The highest BCUT2D eigenvalue weighted by atomic mass is 35.5. The minimum absolute atomic E-state index is 0.0944. The van der Waals surface area contributed by atoms with Gasteiger partial charge in [-0.15, -0.1) is 0 Å². The molecule has 1 aliphatic heterocycles. The molecule has 2 aliphatic rings. The van der Waals surface area contributed by atoms with Crippen molar-refractivity contribution in [2.45, 2.75) is 58.5 Å². The van der Waals surface area contributed by atoms with Crippen LogP contribution in [0.25, 0.3) is 0 Å². The Balaban J connectivity index is 1.70. The molecule has 2 fully saturated rings. The van der Waals surface area contributed by atoms with E-state index in [2.05, 4.69) is 31.4 Å². The number of carbonyl (C=O) groups is 3. The number of imide groups is 1. The Labute approximate surface area is 185 Å². The van der Waals surface area contributed by atoms with Crippen LogP contribution in [-0.4, -0.2) is 34.8 Å². The van der Waals surface area contributed by atoms with Crippen molar-refractivity contribution in [3.63, 3.8) is 0 Å². The first-order valence-corrected chi connectivity index (χ1v) is 10.7. The number of nitrogens with zero attached hydrogens (tertiary/aromatic N) is 1. The summed E-state index contributed by atoms with van der Waals surface area (Å²) in [6.07, 6.45) is 2.05. The lowest BCUT2D eigenvalue weighted by Crippen LogP contribution is -2.54.